The van der Waals surface area contributed by atoms with Crippen molar-refractivity contribution in [3.05, 3.63) is 24.3 Å². The van der Waals surface area contributed by atoms with Crippen LogP contribution in [0.3, 0.4) is 0 Å². The molecule has 3 rings (SSSR count). The van der Waals surface area contributed by atoms with Crippen molar-refractivity contribution in [1.29, 1.82) is 0 Å². The number of anilines is 2. The molecular formula is C20H29N3O3. The van der Waals surface area contributed by atoms with Crippen LogP contribution in [0.4, 0.5) is 11.4 Å². The molecule has 2 N–H and O–H groups in total. The number of benzene rings is 1. The largest absolute Gasteiger partial charge is 0.481 e. The van der Waals surface area contributed by atoms with Crippen LogP contribution in [0.2, 0.25) is 0 Å². The van der Waals surface area contributed by atoms with Crippen molar-refractivity contribution in [2.75, 3.05) is 42.9 Å². The van der Waals surface area contributed by atoms with Gasteiger partial charge in [-0.1, -0.05) is 19.8 Å². The number of carboxylic acids is 1. The summed E-state index contributed by atoms with van der Waals surface area (Å²) in [5.74, 6) is -2.01. The lowest BCUT2D eigenvalue weighted by molar-refractivity contribution is -0.147. The SMILES string of the molecule is CCN1CCN(c2ccc(NC(=O)[C@@H]3CCCC[C@@H]3C(=O)O)cc2)CC1. The Hall–Kier alpha value is -2.08. The molecule has 2 fully saturated rings. The molecule has 6 nitrogen and oxygen atoms in total. The minimum atomic E-state index is -0.855. The molecule has 1 aromatic carbocycles. The quantitative estimate of drug-likeness (QED) is 0.846. The molecule has 142 valence electrons. The highest BCUT2D eigenvalue weighted by atomic mass is 16.4. The van der Waals surface area contributed by atoms with Gasteiger partial charge in [0.25, 0.3) is 0 Å². The van der Waals surface area contributed by atoms with Crippen LogP contribution in [0, 0.1) is 11.8 Å². The fraction of sp³-hybridized carbons (Fsp3) is 0.600. The highest BCUT2D eigenvalue weighted by molar-refractivity contribution is 5.95. The van der Waals surface area contributed by atoms with Crippen molar-refractivity contribution in [2.45, 2.75) is 32.6 Å². The summed E-state index contributed by atoms with van der Waals surface area (Å²) in [7, 11) is 0. The maximum absolute atomic E-state index is 12.5. The summed E-state index contributed by atoms with van der Waals surface area (Å²) in [6.07, 6.45) is 3.06. The number of carboxylic acid groups (broad SMARTS) is 1. The smallest absolute Gasteiger partial charge is 0.307 e. The van der Waals surface area contributed by atoms with Gasteiger partial charge in [0.05, 0.1) is 11.8 Å². The maximum Gasteiger partial charge on any atom is 0.307 e. The molecule has 0 radical (unpaired) electrons. The van der Waals surface area contributed by atoms with E-state index in [1.54, 1.807) is 0 Å². The minimum Gasteiger partial charge on any atom is -0.481 e. The predicted molar refractivity (Wildman–Crippen MR) is 102 cm³/mol. The van der Waals surface area contributed by atoms with Gasteiger partial charge in [-0.15, -0.1) is 0 Å². The zero-order chi connectivity index (χ0) is 18.5. The number of piperazine rings is 1. The third-order valence-electron chi connectivity index (χ3n) is 5.74. The van der Waals surface area contributed by atoms with Crippen LogP contribution in [0.25, 0.3) is 0 Å². The molecule has 0 bridgehead atoms. The zero-order valence-electron chi connectivity index (χ0n) is 15.5. The number of rotatable bonds is 5. The standard InChI is InChI=1S/C20H29N3O3/c1-2-22-11-13-23(14-12-22)16-9-7-15(8-10-16)21-19(24)17-5-3-4-6-18(17)20(25)26/h7-10,17-18H,2-6,11-14H2,1H3,(H,21,24)(H,25,26)/t17-,18+/m1/s1. The van der Waals surface area contributed by atoms with Crippen molar-refractivity contribution >= 4 is 23.3 Å². The molecule has 2 aliphatic rings. The monoisotopic (exact) mass is 359 g/mol. The number of nitrogens with one attached hydrogen (secondary N) is 1. The van der Waals surface area contributed by atoms with Crippen LogP contribution in [0.15, 0.2) is 24.3 Å². The second kappa shape index (κ2) is 8.54. The Morgan fingerprint density at radius 2 is 1.65 bits per heavy atom. The summed E-state index contributed by atoms with van der Waals surface area (Å²) >= 11 is 0. The maximum atomic E-state index is 12.5. The number of carbonyl (C=O) groups excluding carboxylic acids is 1. The van der Waals surface area contributed by atoms with Crippen LogP contribution in [-0.4, -0.2) is 54.6 Å². The normalized spacial score (nSPS) is 24.3. The third-order valence-corrected chi connectivity index (χ3v) is 5.74. The Balaban J connectivity index is 1.58. The lowest BCUT2D eigenvalue weighted by Crippen LogP contribution is -2.46. The molecule has 0 spiro atoms. The molecule has 2 atom stereocenters. The minimum absolute atomic E-state index is 0.165. The van der Waals surface area contributed by atoms with Crippen LogP contribution >= 0.6 is 0 Å². The molecule has 1 aliphatic heterocycles. The molecule has 1 saturated heterocycles. The fourth-order valence-corrected chi connectivity index (χ4v) is 4.05. The Bertz CT molecular complexity index is 624. The zero-order valence-corrected chi connectivity index (χ0v) is 15.5. The van der Waals surface area contributed by atoms with E-state index in [1.807, 2.05) is 24.3 Å². The summed E-state index contributed by atoms with van der Waals surface area (Å²) in [5, 5.41) is 12.3. The highest BCUT2D eigenvalue weighted by Crippen LogP contribution is 2.31. The van der Waals surface area contributed by atoms with Gasteiger partial charge in [0.1, 0.15) is 0 Å². The van der Waals surface area contributed by atoms with Gasteiger partial charge >= 0.3 is 5.97 Å². The topological polar surface area (TPSA) is 72.9 Å². The van der Waals surface area contributed by atoms with E-state index in [9.17, 15) is 14.7 Å². The summed E-state index contributed by atoms with van der Waals surface area (Å²) < 4.78 is 0. The van der Waals surface area contributed by atoms with Gasteiger partial charge in [0, 0.05) is 37.6 Å². The summed E-state index contributed by atoms with van der Waals surface area (Å²) in [5.41, 5.74) is 1.90. The van der Waals surface area contributed by atoms with Gasteiger partial charge in [0.15, 0.2) is 0 Å². The second-order valence-corrected chi connectivity index (χ2v) is 7.29. The van der Waals surface area contributed by atoms with E-state index in [-0.39, 0.29) is 5.91 Å². The number of hydrogen-bond donors (Lipinski definition) is 2. The molecule has 1 amide bonds. The van der Waals surface area contributed by atoms with Crippen LogP contribution < -0.4 is 10.2 Å². The third kappa shape index (κ3) is 4.36. The number of likely N-dealkylation sites (N-methyl/N-ethyl adjacent to an activating group) is 1. The number of hydrogen-bond acceptors (Lipinski definition) is 4. The van der Waals surface area contributed by atoms with Gasteiger partial charge < -0.3 is 20.2 Å². The van der Waals surface area contributed by atoms with Gasteiger partial charge in [-0.3, -0.25) is 9.59 Å². The van der Waals surface area contributed by atoms with Crippen molar-refractivity contribution in [3.63, 3.8) is 0 Å². The van der Waals surface area contributed by atoms with E-state index in [2.05, 4.69) is 22.0 Å². The van der Waals surface area contributed by atoms with E-state index >= 15 is 0 Å². The van der Waals surface area contributed by atoms with Crippen molar-refractivity contribution in [3.8, 4) is 0 Å². The van der Waals surface area contributed by atoms with Gasteiger partial charge in [-0.25, -0.2) is 0 Å². The number of carbonyl (C=O) groups is 2. The van der Waals surface area contributed by atoms with Crippen LogP contribution in [0.1, 0.15) is 32.6 Å². The van der Waals surface area contributed by atoms with Gasteiger partial charge in [-0.2, -0.15) is 0 Å². The molecule has 0 unspecified atom stereocenters. The summed E-state index contributed by atoms with van der Waals surface area (Å²) in [6.45, 7) is 7.47. The van der Waals surface area contributed by atoms with Crippen molar-refractivity contribution < 1.29 is 14.7 Å². The second-order valence-electron chi connectivity index (χ2n) is 7.29. The first-order chi connectivity index (χ1) is 12.6. The molecule has 1 aromatic rings. The van der Waals surface area contributed by atoms with E-state index in [0.717, 1.165) is 51.3 Å². The molecule has 0 aromatic heterocycles. The predicted octanol–water partition coefficient (Wildman–Crippen LogP) is 2.66. The summed E-state index contributed by atoms with van der Waals surface area (Å²) in [6, 6.07) is 7.90. The van der Waals surface area contributed by atoms with Crippen LogP contribution in [-0.2, 0) is 9.59 Å². The van der Waals surface area contributed by atoms with E-state index in [1.165, 1.54) is 5.69 Å². The van der Waals surface area contributed by atoms with E-state index in [0.29, 0.717) is 12.8 Å². The molecular weight excluding hydrogens is 330 g/mol. The van der Waals surface area contributed by atoms with E-state index < -0.39 is 17.8 Å². The number of aliphatic carboxylic acids is 1. The first-order valence-corrected chi connectivity index (χ1v) is 9.69. The molecule has 6 heteroatoms. The van der Waals surface area contributed by atoms with E-state index in [4.69, 9.17) is 0 Å². The fourth-order valence-electron chi connectivity index (χ4n) is 4.05. The molecule has 1 aliphatic carbocycles. The summed E-state index contributed by atoms with van der Waals surface area (Å²) in [4.78, 5) is 28.7. The Kier molecular flexibility index (Phi) is 6.14. The first kappa shape index (κ1) is 18.7. The first-order valence-electron chi connectivity index (χ1n) is 9.69. The number of nitrogens with zero attached hydrogens (tertiary/aromatic N) is 2. The molecule has 26 heavy (non-hydrogen) atoms. The highest BCUT2D eigenvalue weighted by Gasteiger charge is 2.35. The van der Waals surface area contributed by atoms with Crippen LogP contribution in [0.5, 0.6) is 0 Å². The average molecular weight is 359 g/mol. The lowest BCUT2D eigenvalue weighted by Gasteiger charge is -2.35. The molecule has 1 saturated carbocycles. The van der Waals surface area contributed by atoms with Crippen molar-refractivity contribution in [1.82, 2.24) is 4.90 Å². The Labute approximate surface area is 155 Å². The average Bonchev–Trinajstić information content (AvgIpc) is 2.68. The Morgan fingerprint density at radius 1 is 1.04 bits per heavy atom. The van der Waals surface area contributed by atoms with Gasteiger partial charge in [-0.05, 0) is 43.7 Å². The van der Waals surface area contributed by atoms with Gasteiger partial charge in [0.2, 0.25) is 5.91 Å². The number of amides is 1. The lowest BCUT2D eigenvalue weighted by atomic mass is 9.78. The Morgan fingerprint density at radius 3 is 2.23 bits per heavy atom. The molecule has 1 heterocycles. The van der Waals surface area contributed by atoms with Crippen molar-refractivity contribution in [2.24, 2.45) is 11.8 Å².